The Hall–Kier alpha value is -1.70. The molecular weight excluding hydrogens is 243 g/mol. The van der Waals surface area contributed by atoms with Gasteiger partial charge >= 0.3 is 12.1 Å². The second kappa shape index (κ2) is 3.71. The zero-order chi connectivity index (χ0) is 11.8. The maximum absolute atomic E-state index is 12.0. The first-order chi connectivity index (χ1) is 7.48. The molecule has 0 aliphatic carbocycles. The van der Waals surface area contributed by atoms with Crippen LogP contribution in [0.1, 0.15) is 0 Å². The number of alkyl halides is 3. The number of benzene rings is 1. The van der Waals surface area contributed by atoms with Gasteiger partial charge in [-0.2, -0.15) is 21.9 Å². The Bertz CT molecular complexity index is 537. The molecule has 0 fully saturated rings. The van der Waals surface area contributed by atoms with Crippen LogP contribution < -0.4 is 5.32 Å². The number of hydrogen-bond acceptors (Lipinski definition) is 4. The van der Waals surface area contributed by atoms with E-state index in [0.717, 1.165) is 11.7 Å². The van der Waals surface area contributed by atoms with E-state index < -0.39 is 12.1 Å². The van der Waals surface area contributed by atoms with E-state index in [0.29, 0.717) is 5.52 Å². The van der Waals surface area contributed by atoms with Crippen LogP contribution in [0.3, 0.4) is 0 Å². The summed E-state index contributed by atoms with van der Waals surface area (Å²) < 4.78 is 43.7. The van der Waals surface area contributed by atoms with Gasteiger partial charge in [-0.15, -0.1) is 0 Å². The number of nitrogens with zero attached hydrogens (tertiary/aromatic N) is 2. The average molecular weight is 247 g/mol. The van der Waals surface area contributed by atoms with Crippen molar-refractivity contribution in [3.63, 3.8) is 0 Å². The van der Waals surface area contributed by atoms with Gasteiger partial charge in [0.15, 0.2) is 0 Å². The molecule has 0 spiro atoms. The van der Waals surface area contributed by atoms with Crippen molar-refractivity contribution in [2.45, 2.75) is 6.18 Å². The number of aromatic nitrogens is 2. The highest BCUT2D eigenvalue weighted by Gasteiger charge is 2.38. The lowest BCUT2D eigenvalue weighted by Crippen LogP contribution is -2.29. The molecule has 0 radical (unpaired) electrons. The predicted octanol–water partition coefficient (Wildman–Crippen LogP) is 2.19. The van der Waals surface area contributed by atoms with E-state index in [9.17, 15) is 18.0 Å². The highest BCUT2D eigenvalue weighted by atomic mass is 32.1. The Morgan fingerprint density at radius 3 is 2.75 bits per heavy atom. The van der Waals surface area contributed by atoms with E-state index in [1.165, 1.54) is 12.1 Å². The second-order valence-electron chi connectivity index (χ2n) is 2.89. The van der Waals surface area contributed by atoms with Gasteiger partial charge in [0.1, 0.15) is 11.0 Å². The zero-order valence-corrected chi connectivity index (χ0v) is 8.39. The summed E-state index contributed by atoms with van der Waals surface area (Å²) in [7, 11) is 0. The van der Waals surface area contributed by atoms with Crippen molar-refractivity contribution in [1.82, 2.24) is 8.75 Å². The van der Waals surface area contributed by atoms with Crippen molar-refractivity contribution in [1.29, 1.82) is 0 Å². The molecule has 1 aromatic heterocycles. The van der Waals surface area contributed by atoms with Crippen LogP contribution in [-0.2, 0) is 4.79 Å². The van der Waals surface area contributed by atoms with E-state index in [1.807, 2.05) is 0 Å². The van der Waals surface area contributed by atoms with Crippen molar-refractivity contribution in [3.8, 4) is 0 Å². The minimum atomic E-state index is -4.91. The van der Waals surface area contributed by atoms with Crippen LogP contribution in [0.25, 0.3) is 11.0 Å². The molecule has 0 aliphatic heterocycles. The fourth-order valence-electron chi connectivity index (χ4n) is 1.10. The van der Waals surface area contributed by atoms with Crippen LogP contribution >= 0.6 is 11.7 Å². The molecule has 84 valence electrons. The summed E-state index contributed by atoms with van der Waals surface area (Å²) >= 11 is 0.869. The molecule has 0 bridgehead atoms. The van der Waals surface area contributed by atoms with Crippen molar-refractivity contribution in [2.24, 2.45) is 0 Å². The number of fused-ring (bicyclic) bond motifs is 1. The molecule has 4 nitrogen and oxygen atoms in total. The quantitative estimate of drug-likeness (QED) is 0.840. The second-order valence-corrected chi connectivity index (χ2v) is 3.42. The molecule has 0 unspecified atom stereocenters. The van der Waals surface area contributed by atoms with Gasteiger partial charge in [0, 0.05) is 0 Å². The van der Waals surface area contributed by atoms with Gasteiger partial charge in [-0.1, -0.05) is 6.07 Å². The summed E-state index contributed by atoms with van der Waals surface area (Å²) in [6.45, 7) is 0. The van der Waals surface area contributed by atoms with Gasteiger partial charge in [0.25, 0.3) is 0 Å². The maximum Gasteiger partial charge on any atom is 0.471 e. The smallest absolute Gasteiger partial charge is 0.316 e. The third-order valence-corrected chi connectivity index (χ3v) is 2.33. The first-order valence-electron chi connectivity index (χ1n) is 4.08. The van der Waals surface area contributed by atoms with Crippen LogP contribution in [0, 0.1) is 0 Å². The van der Waals surface area contributed by atoms with Crippen molar-refractivity contribution in [2.75, 3.05) is 5.32 Å². The fraction of sp³-hybridized carbons (Fsp3) is 0.125. The van der Waals surface area contributed by atoms with Crippen LogP contribution in [0.5, 0.6) is 0 Å². The summed E-state index contributed by atoms with van der Waals surface area (Å²) in [4.78, 5) is 10.7. The van der Waals surface area contributed by atoms with Gasteiger partial charge in [-0.25, -0.2) is 0 Å². The Kier molecular flexibility index (Phi) is 2.50. The number of carbonyl (C=O) groups is 1. The minimum Gasteiger partial charge on any atom is -0.316 e. The lowest BCUT2D eigenvalue weighted by atomic mass is 10.2. The molecule has 2 aromatic rings. The summed E-state index contributed by atoms with van der Waals surface area (Å²) in [6.07, 6.45) is -4.91. The molecular formula is C8H4F3N3OS. The van der Waals surface area contributed by atoms with Crippen LogP contribution in [0.2, 0.25) is 0 Å². The lowest BCUT2D eigenvalue weighted by molar-refractivity contribution is -0.167. The number of rotatable bonds is 1. The number of amides is 1. The van der Waals surface area contributed by atoms with Crippen LogP contribution in [0.15, 0.2) is 18.2 Å². The van der Waals surface area contributed by atoms with Crippen LogP contribution in [0.4, 0.5) is 18.9 Å². The summed E-state index contributed by atoms with van der Waals surface area (Å²) in [5.41, 5.74) is 0.712. The topological polar surface area (TPSA) is 54.9 Å². The van der Waals surface area contributed by atoms with Gasteiger partial charge in [-0.05, 0) is 12.1 Å². The standard InChI is InChI=1S/C8H4F3N3OS/c9-8(10,11)7(15)12-4-2-1-3-5-6(4)14-16-13-5/h1-3H,(H,12,15). The molecule has 1 aromatic carbocycles. The molecule has 2 rings (SSSR count). The van der Waals surface area contributed by atoms with Gasteiger partial charge in [0.05, 0.1) is 17.4 Å². The minimum absolute atomic E-state index is 0.00794. The van der Waals surface area contributed by atoms with E-state index in [2.05, 4.69) is 8.75 Å². The highest BCUT2D eigenvalue weighted by Crippen LogP contribution is 2.24. The molecule has 1 N–H and O–H groups in total. The molecule has 8 heteroatoms. The number of nitrogens with one attached hydrogen (secondary N) is 1. The first kappa shape index (κ1) is 10.8. The molecule has 0 saturated heterocycles. The Balaban J connectivity index is 2.35. The van der Waals surface area contributed by atoms with Gasteiger partial charge in [0.2, 0.25) is 0 Å². The summed E-state index contributed by atoms with van der Waals surface area (Å²) in [5, 5.41) is 1.75. The fourth-order valence-corrected chi connectivity index (χ4v) is 1.65. The molecule has 1 heterocycles. The monoisotopic (exact) mass is 247 g/mol. The van der Waals surface area contributed by atoms with Crippen molar-refractivity contribution < 1.29 is 18.0 Å². The molecule has 0 atom stereocenters. The largest absolute Gasteiger partial charge is 0.471 e. The zero-order valence-electron chi connectivity index (χ0n) is 7.58. The Morgan fingerprint density at radius 2 is 2.06 bits per heavy atom. The highest BCUT2D eigenvalue weighted by molar-refractivity contribution is 7.00. The molecule has 0 saturated carbocycles. The maximum atomic E-state index is 12.0. The van der Waals surface area contributed by atoms with Crippen LogP contribution in [-0.4, -0.2) is 20.8 Å². The van der Waals surface area contributed by atoms with E-state index in [1.54, 1.807) is 11.4 Å². The Morgan fingerprint density at radius 1 is 1.31 bits per heavy atom. The summed E-state index contributed by atoms with van der Waals surface area (Å²) in [6, 6.07) is 4.44. The molecule has 16 heavy (non-hydrogen) atoms. The third-order valence-electron chi connectivity index (χ3n) is 1.79. The predicted molar refractivity (Wildman–Crippen MR) is 52.1 cm³/mol. The normalized spacial score (nSPS) is 11.7. The van der Waals surface area contributed by atoms with Crippen molar-refractivity contribution >= 4 is 34.4 Å². The van der Waals surface area contributed by atoms with E-state index >= 15 is 0 Å². The number of anilines is 1. The van der Waals surface area contributed by atoms with Gasteiger partial charge in [-0.3, -0.25) is 4.79 Å². The number of halogens is 3. The number of hydrogen-bond donors (Lipinski definition) is 1. The molecule has 1 amide bonds. The third kappa shape index (κ3) is 1.96. The number of carbonyl (C=O) groups excluding carboxylic acids is 1. The van der Waals surface area contributed by atoms with E-state index in [4.69, 9.17) is 0 Å². The molecule has 0 aliphatic rings. The lowest BCUT2D eigenvalue weighted by Gasteiger charge is -2.07. The van der Waals surface area contributed by atoms with Gasteiger partial charge < -0.3 is 5.32 Å². The Labute approximate surface area is 91.4 Å². The first-order valence-corrected chi connectivity index (χ1v) is 4.81. The van der Waals surface area contributed by atoms with E-state index in [-0.39, 0.29) is 11.2 Å². The van der Waals surface area contributed by atoms with Crippen molar-refractivity contribution in [3.05, 3.63) is 18.2 Å². The SMILES string of the molecule is O=C(Nc1cccc2nsnc12)C(F)(F)F. The average Bonchev–Trinajstić information content (AvgIpc) is 2.65. The summed E-state index contributed by atoms with van der Waals surface area (Å²) in [5.74, 6) is -2.02.